The number of rotatable bonds is 1. The first-order chi connectivity index (χ1) is 6.33. The summed E-state index contributed by atoms with van der Waals surface area (Å²) in [4.78, 5) is 0. The Hall–Kier alpha value is -1.02. The Morgan fingerprint density at radius 2 is 2.31 bits per heavy atom. The van der Waals surface area contributed by atoms with Crippen LogP contribution in [0.15, 0.2) is 18.2 Å². The maximum absolute atomic E-state index is 9.83. The van der Waals surface area contributed by atoms with Gasteiger partial charge in [-0.1, -0.05) is 12.1 Å². The maximum atomic E-state index is 9.83. The molecule has 1 atom stereocenters. The van der Waals surface area contributed by atoms with E-state index in [-0.39, 0.29) is 6.10 Å². The van der Waals surface area contributed by atoms with E-state index in [2.05, 4.69) is 11.4 Å². The van der Waals surface area contributed by atoms with Crippen molar-refractivity contribution in [3.05, 3.63) is 29.3 Å². The molecule has 1 aliphatic rings. The van der Waals surface area contributed by atoms with Crippen LogP contribution >= 0.6 is 0 Å². The van der Waals surface area contributed by atoms with Crippen molar-refractivity contribution >= 4 is 5.69 Å². The van der Waals surface area contributed by atoms with Gasteiger partial charge in [-0.3, -0.25) is 0 Å². The largest absolute Gasteiger partial charge is 0.388 e. The molecule has 0 aliphatic heterocycles. The SMILES string of the molecule is CNc1cccc2c1C(O)CCC2. The fourth-order valence-electron chi connectivity index (χ4n) is 2.07. The van der Waals surface area contributed by atoms with Gasteiger partial charge in [0.15, 0.2) is 0 Å². The fraction of sp³-hybridized carbons (Fsp3) is 0.455. The first-order valence-corrected chi connectivity index (χ1v) is 4.80. The smallest absolute Gasteiger partial charge is 0.0812 e. The van der Waals surface area contributed by atoms with E-state index in [1.165, 1.54) is 5.56 Å². The van der Waals surface area contributed by atoms with E-state index in [1.54, 1.807) is 0 Å². The first-order valence-electron chi connectivity index (χ1n) is 4.80. The molecule has 1 unspecified atom stereocenters. The van der Waals surface area contributed by atoms with Crippen molar-refractivity contribution in [2.24, 2.45) is 0 Å². The molecule has 1 aromatic rings. The Kier molecular flexibility index (Phi) is 2.23. The Morgan fingerprint density at radius 3 is 3.08 bits per heavy atom. The number of aliphatic hydroxyl groups excluding tert-OH is 1. The normalized spacial score (nSPS) is 20.9. The van der Waals surface area contributed by atoms with E-state index in [4.69, 9.17) is 0 Å². The van der Waals surface area contributed by atoms with Crippen molar-refractivity contribution in [3.8, 4) is 0 Å². The van der Waals surface area contributed by atoms with Gasteiger partial charge in [-0.05, 0) is 30.9 Å². The quantitative estimate of drug-likeness (QED) is 0.688. The van der Waals surface area contributed by atoms with Gasteiger partial charge in [0, 0.05) is 18.3 Å². The van der Waals surface area contributed by atoms with Crippen LogP contribution in [0, 0.1) is 0 Å². The van der Waals surface area contributed by atoms with Crippen LogP contribution in [-0.4, -0.2) is 12.2 Å². The Labute approximate surface area is 78.6 Å². The number of nitrogens with one attached hydrogen (secondary N) is 1. The van der Waals surface area contributed by atoms with E-state index in [0.29, 0.717) is 0 Å². The molecule has 13 heavy (non-hydrogen) atoms. The maximum Gasteiger partial charge on any atom is 0.0812 e. The third-order valence-electron chi connectivity index (χ3n) is 2.72. The predicted molar refractivity (Wildman–Crippen MR) is 53.9 cm³/mol. The van der Waals surface area contributed by atoms with E-state index < -0.39 is 0 Å². The number of aryl methyl sites for hydroxylation is 1. The molecular formula is C11H15NO. The van der Waals surface area contributed by atoms with Crippen LogP contribution in [0.4, 0.5) is 5.69 Å². The molecule has 0 heterocycles. The lowest BCUT2D eigenvalue weighted by Crippen LogP contribution is -2.11. The van der Waals surface area contributed by atoms with Crippen molar-refractivity contribution in [1.82, 2.24) is 0 Å². The molecule has 2 heteroatoms. The summed E-state index contributed by atoms with van der Waals surface area (Å²) in [7, 11) is 1.90. The minimum absolute atomic E-state index is 0.271. The molecule has 0 spiro atoms. The highest BCUT2D eigenvalue weighted by atomic mass is 16.3. The van der Waals surface area contributed by atoms with Crippen LogP contribution in [0.25, 0.3) is 0 Å². The number of anilines is 1. The van der Waals surface area contributed by atoms with Gasteiger partial charge in [-0.2, -0.15) is 0 Å². The van der Waals surface area contributed by atoms with Crippen LogP contribution in [0.5, 0.6) is 0 Å². The van der Waals surface area contributed by atoms with Gasteiger partial charge >= 0.3 is 0 Å². The molecule has 0 radical (unpaired) electrons. The van der Waals surface area contributed by atoms with Crippen molar-refractivity contribution in [2.45, 2.75) is 25.4 Å². The van der Waals surface area contributed by atoms with Gasteiger partial charge in [0.05, 0.1) is 6.10 Å². The van der Waals surface area contributed by atoms with Crippen molar-refractivity contribution < 1.29 is 5.11 Å². The molecule has 0 bridgehead atoms. The van der Waals surface area contributed by atoms with Crippen LogP contribution < -0.4 is 5.32 Å². The van der Waals surface area contributed by atoms with Crippen LogP contribution in [0.3, 0.4) is 0 Å². The van der Waals surface area contributed by atoms with Crippen LogP contribution in [0.1, 0.15) is 30.1 Å². The van der Waals surface area contributed by atoms with Gasteiger partial charge in [0.2, 0.25) is 0 Å². The Morgan fingerprint density at radius 1 is 1.46 bits per heavy atom. The zero-order valence-corrected chi connectivity index (χ0v) is 7.88. The highest BCUT2D eigenvalue weighted by molar-refractivity contribution is 5.56. The van der Waals surface area contributed by atoms with Gasteiger partial charge < -0.3 is 10.4 Å². The summed E-state index contributed by atoms with van der Waals surface area (Å²) < 4.78 is 0. The number of hydrogen-bond donors (Lipinski definition) is 2. The molecule has 0 fully saturated rings. The van der Waals surface area contributed by atoms with Crippen molar-refractivity contribution in [1.29, 1.82) is 0 Å². The number of benzene rings is 1. The third kappa shape index (κ3) is 1.42. The van der Waals surface area contributed by atoms with Crippen LogP contribution in [0.2, 0.25) is 0 Å². The molecule has 0 saturated heterocycles. The summed E-state index contributed by atoms with van der Waals surface area (Å²) in [5.74, 6) is 0. The summed E-state index contributed by atoms with van der Waals surface area (Å²) in [6.07, 6.45) is 2.82. The lowest BCUT2D eigenvalue weighted by Gasteiger charge is -2.23. The zero-order chi connectivity index (χ0) is 9.26. The number of hydrogen-bond acceptors (Lipinski definition) is 2. The second-order valence-electron chi connectivity index (χ2n) is 3.54. The Bertz CT molecular complexity index is 295. The van der Waals surface area contributed by atoms with E-state index in [9.17, 15) is 5.11 Å². The third-order valence-corrected chi connectivity index (χ3v) is 2.72. The van der Waals surface area contributed by atoms with E-state index >= 15 is 0 Å². The zero-order valence-electron chi connectivity index (χ0n) is 7.88. The molecule has 70 valence electrons. The summed E-state index contributed by atoms with van der Waals surface area (Å²) >= 11 is 0. The van der Waals surface area contributed by atoms with Gasteiger partial charge in [-0.15, -0.1) is 0 Å². The molecular weight excluding hydrogens is 162 g/mol. The molecule has 0 amide bonds. The van der Waals surface area contributed by atoms with Gasteiger partial charge in [-0.25, -0.2) is 0 Å². The number of fused-ring (bicyclic) bond motifs is 1. The molecule has 2 nitrogen and oxygen atoms in total. The molecule has 0 saturated carbocycles. The van der Waals surface area contributed by atoms with Crippen LogP contribution in [-0.2, 0) is 6.42 Å². The molecule has 1 aromatic carbocycles. The van der Waals surface area contributed by atoms with Crippen molar-refractivity contribution in [2.75, 3.05) is 12.4 Å². The topological polar surface area (TPSA) is 32.3 Å². The summed E-state index contributed by atoms with van der Waals surface area (Å²) in [5.41, 5.74) is 3.48. The van der Waals surface area contributed by atoms with Crippen molar-refractivity contribution in [3.63, 3.8) is 0 Å². The standard InChI is InChI=1S/C11H15NO/c1-12-9-6-2-4-8-5-3-7-10(13)11(8)9/h2,4,6,10,12-13H,3,5,7H2,1H3. The minimum atomic E-state index is -0.271. The fourth-order valence-corrected chi connectivity index (χ4v) is 2.07. The Balaban J connectivity index is 2.50. The summed E-state index contributed by atoms with van der Waals surface area (Å²) in [6.45, 7) is 0. The second-order valence-corrected chi connectivity index (χ2v) is 3.54. The monoisotopic (exact) mass is 177 g/mol. The average Bonchev–Trinajstić information content (AvgIpc) is 2.17. The highest BCUT2D eigenvalue weighted by Gasteiger charge is 2.20. The average molecular weight is 177 g/mol. The number of aliphatic hydroxyl groups is 1. The predicted octanol–water partition coefficient (Wildman–Crippen LogP) is 2.10. The van der Waals surface area contributed by atoms with Gasteiger partial charge in [0.1, 0.15) is 0 Å². The highest BCUT2D eigenvalue weighted by Crippen LogP contribution is 2.34. The van der Waals surface area contributed by atoms with E-state index in [0.717, 1.165) is 30.5 Å². The first kappa shape index (κ1) is 8.57. The van der Waals surface area contributed by atoms with Gasteiger partial charge in [0.25, 0.3) is 0 Å². The second kappa shape index (κ2) is 3.38. The molecule has 2 rings (SSSR count). The summed E-state index contributed by atoms with van der Waals surface area (Å²) in [5, 5.41) is 13.0. The lowest BCUT2D eigenvalue weighted by molar-refractivity contribution is 0.157. The molecule has 1 aliphatic carbocycles. The molecule has 0 aromatic heterocycles. The minimum Gasteiger partial charge on any atom is -0.388 e. The summed E-state index contributed by atoms with van der Waals surface area (Å²) in [6, 6.07) is 6.18. The lowest BCUT2D eigenvalue weighted by atomic mass is 9.88. The van der Waals surface area contributed by atoms with E-state index in [1.807, 2.05) is 19.2 Å². The molecule has 2 N–H and O–H groups in total.